The number of hydrazone groups is 1. The van der Waals surface area contributed by atoms with Crippen molar-refractivity contribution >= 4 is 28.9 Å². The normalized spacial score (nSPS) is 17.2. The van der Waals surface area contributed by atoms with Gasteiger partial charge in [-0.2, -0.15) is 5.10 Å². The van der Waals surface area contributed by atoms with Crippen LogP contribution in [0.1, 0.15) is 29.3 Å². The zero-order chi connectivity index (χ0) is 17.4. The van der Waals surface area contributed by atoms with E-state index in [-0.39, 0.29) is 11.8 Å². The molecule has 1 unspecified atom stereocenters. The van der Waals surface area contributed by atoms with Gasteiger partial charge in [0.15, 0.2) is 0 Å². The third-order valence-corrected chi connectivity index (χ3v) is 4.36. The van der Waals surface area contributed by atoms with E-state index >= 15 is 0 Å². The summed E-state index contributed by atoms with van der Waals surface area (Å²) < 4.78 is 0. The Hall–Kier alpha value is -3.28. The summed E-state index contributed by atoms with van der Waals surface area (Å²) in [5.41, 5.74) is 7.68. The number of imidazole rings is 1. The number of hydrogen-bond acceptors (Lipinski definition) is 4. The van der Waals surface area contributed by atoms with E-state index in [0.717, 1.165) is 40.0 Å². The van der Waals surface area contributed by atoms with Gasteiger partial charge in [-0.1, -0.05) is 37.3 Å². The summed E-state index contributed by atoms with van der Waals surface area (Å²) in [6.45, 7) is 1.99. The molecule has 1 aliphatic rings. The molecule has 1 aromatic heterocycles. The molecule has 1 atom stereocenters. The van der Waals surface area contributed by atoms with Crippen molar-refractivity contribution in [2.45, 2.75) is 13.3 Å². The Bertz CT molecular complexity index is 1000. The van der Waals surface area contributed by atoms with Crippen molar-refractivity contribution in [3.63, 3.8) is 0 Å². The van der Waals surface area contributed by atoms with Crippen molar-refractivity contribution in [2.24, 2.45) is 11.0 Å². The smallest absolute Gasteiger partial charge is 0.240 e. The maximum Gasteiger partial charge on any atom is 0.240 e. The molecule has 1 amide bonds. The Morgan fingerprint density at radius 3 is 2.60 bits per heavy atom. The van der Waals surface area contributed by atoms with Crippen LogP contribution in [0, 0.1) is 5.92 Å². The van der Waals surface area contributed by atoms with Crippen LogP contribution in [0.15, 0.2) is 47.6 Å². The number of rotatable bonds is 3. The summed E-state index contributed by atoms with van der Waals surface area (Å²) >= 11 is 0. The lowest BCUT2D eigenvalue weighted by atomic mass is 9.94. The first kappa shape index (κ1) is 15.3. The Morgan fingerprint density at radius 2 is 1.88 bits per heavy atom. The second-order valence-corrected chi connectivity index (χ2v) is 6.19. The van der Waals surface area contributed by atoms with Gasteiger partial charge in [0.25, 0.3) is 0 Å². The molecule has 0 saturated heterocycles. The molecule has 4 rings (SSSR count). The van der Waals surface area contributed by atoms with E-state index in [2.05, 4.69) is 20.5 Å². The molecule has 0 aliphatic carbocycles. The summed E-state index contributed by atoms with van der Waals surface area (Å²) in [6.07, 6.45) is 1.26. The zero-order valence-electron chi connectivity index (χ0n) is 13.6. The molecular formula is C19H16N4O2. The summed E-state index contributed by atoms with van der Waals surface area (Å²) in [5.74, 6) is 0.765. The number of carbonyl (C=O) groups excluding carboxylic acids is 2. The van der Waals surface area contributed by atoms with E-state index in [1.165, 1.54) is 0 Å². The highest BCUT2D eigenvalue weighted by molar-refractivity contribution is 6.07. The molecule has 0 saturated carbocycles. The molecule has 0 bridgehead atoms. The number of H-pyrrole nitrogens is 1. The molecule has 0 radical (unpaired) electrons. The summed E-state index contributed by atoms with van der Waals surface area (Å²) in [6, 6.07) is 13.2. The monoisotopic (exact) mass is 332 g/mol. The van der Waals surface area contributed by atoms with E-state index < -0.39 is 0 Å². The van der Waals surface area contributed by atoms with Crippen molar-refractivity contribution in [1.29, 1.82) is 0 Å². The zero-order valence-corrected chi connectivity index (χ0v) is 13.6. The number of benzene rings is 2. The lowest BCUT2D eigenvalue weighted by Crippen LogP contribution is -2.31. The minimum absolute atomic E-state index is 0.0556. The molecule has 124 valence electrons. The number of aldehydes is 1. The molecule has 2 N–H and O–H groups in total. The standard InChI is InChI=1S/C19H16N4O2/c1-11-8-17(25)22-23-18(11)14-6-7-15-16(9-14)21-19(20-15)13-4-2-12(10-24)3-5-13/h2-7,9-11H,8H2,1H3,(H,20,21)(H,22,25). The molecule has 2 heterocycles. The van der Waals surface area contributed by atoms with E-state index in [1.54, 1.807) is 12.1 Å². The summed E-state index contributed by atoms with van der Waals surface area (Å²) in [4.78, 5) is 30.1. The molecule has 3 aromatic rings. The van der Waals surface area contributed by atoms with Gasteiger partial charge in [-0.3, -0.25) is 9.59 Å². The Labute approximate surface area is 144 Å². The van der Waals surface area contributed by atoms with E-state index in [1.807, 2.05) is 37.3 Å². The predicted octanol–water partition coefficient (Wildman–Crippen LogP) is 2.90. The molecule has 25 heavy (non-hydrogen) atoms. The fraction of sp³-hybridized carbons (Fsp3) is 0.158. The summed E-state index contributed by atoms with van der Waals surface area (Å²) in [5, 5.41) is 4.20. The van der Waals surface area contributed by atoms with Crippen molar-refractivity contribution in [1.82, 2.24) is 15.4 Å². The average Bonchev–Trinajstić information content (AvgIpc) is 3.05. The van der Waals surface area contributed by atoms with Gasteiger partial charge in [-0.05, 0) is 12.1 Å². The third-order valence-electron chi connectivity index (χ3n) is 4.36. The second-order valence-electron chi connectivity index (χ2n) is 6.19. The van der Waals surface area contributed by atoms with Crippen molar-refractivity contribution in [3.8, 4) is 11.4 Å². The van der Waals surface area contributed by atoms with Crippen LogP contribution in [0.5, 0.6) is 0 Å². The van der Waals surface area contributed by atoms with Gasteiger partial charge in [-0.15, -0.1) is 0 Å². The number of nitrogens with zero attached hydrogens (tertiary/aromatic N) is 2. The van der Waals surface area contributed by atoms with Gasteiger partial charge < -0.3 is 4.98 Å². The molecule has 2 aromatic carbocycles. The Balaban J connectivity index is 1.72. The molecule has 0 fully saturated rings. The van der Waals surface area contributed by atoms with Crippen LogP contribution < -0.4 is 5.43 Å². The lowest BCUT2D eigenvalue weighted by molar-refractivity contribution is -0.121. The number of carbonyl (C=O) groups is 2. The molecule has 1 aliphatic heterocycles. The van der Waals surface area contributed by atoms with E-state index in [0.29, 0.717) is 12.0 Å². The number of hydrogen-bond donors (Lipinski definition) is 2. The van der Waals surface area contributed by atoms with Crippen LogP contribution in [0.2, 0.25) is 0 Å². The first-order valence-corrected chi connectivity index (χ1v) is 8.06. The molecular weight excluding hydrogens is 316 g/mol. The van der Waals surface area contributed by atoms with Crippen LogP contribution in [0.3, 0.4) is 0 Å². The van der Waals surface area contributed by atoms with Gasteiger partial charge in [0.2, 0.25) is 5.91 Å². The van der Waals surface area contributed by atoms with Crippen LogP contribution >= 0.6 is 0 Å². The van der Waals surface area contributed by atoms with Crippen molar-refractivity contribution in [3.05, 3.63) is 53.6 Å². The fourth-order valence-corrected chi connectivity index (χ4v) is 3.03. The van der Waals surface area contributed by atoms with Gasteiger partial charge in [0.1, 0.15) is 12.1 Å². The van der Waals surface area contributed by atoms with Gasteiger partial charge in [-0.25, -0.2) is 10.4 Å². The SMILES string of the molecule is CC1CC(=O)NN=C1c1ccc2nc(-c3ccc(C=O)cc3)[nH]c2c1. The first-order chi connectivity index (χ1) is 12.1. The van der Waals surface area contributed by atoms with Gasteiger partial charge in [0.05, 0.1) is 16.7 Å². The second kappa shape index (κ2) is 5.98. The number of amides is 1. The highest BCUT2D eigenvalue weighted by Gasteiger charge is 2.22. The minimum Gasteiger partial charge on any atom is -0.338 e. The number of aromatic nitrogens is 2. The maximum absolute atomic E-state index is 11.4. The lowest BCUT2D eigenvalue weighted by Gasteiger charge is -2.18. The third kappa shape index (κ3) is 2.82. The highest BCUT2D eigenvalue weighted by atomic mass is 16.2. The number of aromatic amines is 1. The number of nitrogens with one attached hydrogen (secondary N) is 2. The van der Waals surface area contributed by atoms with Crippen molar-refractivity contribution in [2.75, 3.05) is 0 Å². The van der Waals surface area contributed by atoms with Crippen molar-refractivity contribution < 1.29 is 9.59 Å². The molecule has 6 heteroatoms. The maximum atomic E-state index is 11.4. The van der Waals surface area contributed by atoms with Crippen LogP contribution in [0.25, 0.3) is 22.4 Å². The van der Waals surface area contributed by atoms with E-state index in [9.17, 15) is 9.59 Å². The van der Waals surface area contributed by atoms with Gasteiger partial charge in [0, 0.05) is 29.0 Å². The first-order valence-electron chi connectivity index (χ1n) is 8.06. The summed E-state index contributed by atoms with van der Waals surface area (Å²) in [7, 11) is 0. The Kier molecular flexibility index (Phi) is 3.65. The highest BCUT2D eigenvalue weighted by Crippen LogP contribution is 2.24. The quantitative estimate of drug-likeness (QED) is 0.723. The van der Waals surface area contributed by atoms with Crippen LogP contribution in [0.4, 0.5) is 0 Å². The molecule has 6 nitrogen and oxygen atoms in total. The molecule has 0 spiro atoms. The predicted molar refractivity (Wildman–Crippen MR) is 95.4 cm³/mol. The topological polar surface area (TPSA) is 87.2 Å². The largest absolute Gasteiger partial charge is 0.338 e. The van der Waals surface area contributed by atoms with Crippen LogP contribution in [-0.2, 0) is 4.79 Å². The Morgan fingerprint density at radius 1 is 1.12 bits per heavy atom. The fourth-order valence-electron chi connectivity index (χ4n) is 3.03. The van der Waals surface area contributed by atoms with Crippen LogP contribution in [-0.4, -0.2) is 27.9 Å². The average molecular weight is 332 g/mol. The minimum atomic E-state index is -0.0556. The number of fused-ring (bicyclic) bond motifs is 1. The van der Waals surface area contributed by atoms with Gasteiger partial charge >= 0.3 is 0 Å². The van der Waals surface area contributed by atoms with E-state index in [4.69, 9.17) is 0 Å².